The summed E-state index contributed by atoms with van der Waals surface area (Å²) < 4.78 is 0. The second-order valence-electron chi connectivity index (χ2n) is 8.81. The first-order chi connectivity index (χ1) is 14.3. The molecule has 2 amide bonds. The first-order valence-corrected chi connectivity index (χ1v) is 10.9. The predicted octanol–water partition coefficient (Wildman–Crippen LogP) is 4.51. The van der Waals surface area contributed by atoms with Crippen molar-refractivity contribution in [2.75, 3.05) is 13.6 Å². The molecule has 0 aliphatic rings. The fraction of sp³-hybridized carbons (Fsp3) is 0.462. The summed E-state index contributed by atoms with van der Waals surface area (Å²) in [5, 5.41) is 2.71. The molecule has 1 N–H and O–H groups in total. The van der Waals surface area contributed by atoms with Crippen LogP contribution < -0.4 is 5.32 Å². The number of carbonyl (C=O) groups is 2. The highest BCUT2D eigenvalue weighted by Crippen LogP contribution is 2.22. The van der Waals surface area contributed by atoms with E-state index in [0.29, 0.717) is 25.8 Å². The molecule has 0 aliphatic carbocycles. The number of nitrogens with zero attached hydrogens (tertiary/aromatic N) is 1. The van der Waals surface area contributed by atoms with Crippen LogP contribution in [0.15, 0.2) is 54.6 Å². The Balaban J connectivity index is 2.08. The molecule has 0 saturated heterocycles. The summed E-state index contributed by atoms with van der Waals surface area (Å²) in [7, 11) is 1.63. The summed E-state index contributed by atoms with van der Waals surface area (Å²) in [5.74, 6) is -0.0743. The Morgan fingerprint density at radius 1 is 0.933 bits per heavy atom. The highest BCUT2D eigenvalue weighted by molar-refractivity contribution is 5.87. The number of nitrogens with one attached hydrogen (secondary N) is 1. The van der Waals surface area contributed by atoms with E-state index in [4.69, 9.17) is 0 Å². The maximum Gasteiger partial charge on any atom is 0.242 e. The van der Waals surface area contributed by atoms with Gasteiger partial charge in [0.25, 0.3) is 0 Å². The molecule has 2 aromatic rings. The number of hydrogen-bond donors (Lipinski definition) is 1. The molecule has 0 aliphatic heterocycles. The van der Waals surface area contributed by atoms with Crippen molar-refractivity contribution in [1.29, 1.82) is 0 Å². The molecule has 4 heteroatoms. The van der Waals surface area contributed by atoms with Crippen molar-refractivity contribution in [2.45, 2.75) is 64.8 Å². The van der Waals surface area contributed by atoms with Gasteiger partial charge in [0.05, 0.1) is 0 Å². The lowest BCUT2D eigenvalue weighted by molar-refractivity contribution is -0.140. The molecule has 30 heavy (non-hydrogen) atoms. The van der Waals surface area contributed by atoms with Crippen LogP contribution in [-0.2, 0) is 27.8 Å². The molecule has 1 atom stereocenters. The molecular weight excluding hydrogens is 372 g/mol. The van der Waals surface area contributed by atoms with Gasteiger partial charge in [0.1, 0.15) is 6.04 Å². The van der Waals surface area contributed by atoms with Gasteiger partial charge >= 0.3 is 0 Å². The SMILES string of the molecule is CC[C@@H](C(=O)NC)N(CCc1ccccc1)C(=O)CCc1ccc(C(C)(C)C)cc1. The Bertz CT molecular complexity index is 807. The van der Waals surface area contributed by atoms with Gasteiger partial charge in [0.2, 0.25) is 11.8 Å². The zero-order valence-electron chi connectivity index (χ0n) is 19.1. The molecule has 0 saturated carbocycles. The van der Waals surface area contributed by atoms with E-state index in [2.05, 4.69) is 62.5 Å². The quantitative estimate of drug-likeness (QED) is 0.663. The molecular formula is C26H36N2O2. The van der Waals surface area contributed by atoms with Gasteiger partial charge in [-0.25, -0.2) is 0 Å². The minimum Gasteiger partial charge on any atom is -0.357 e. The maximum atomic E-state index is 13.1. The van der Waals surface area contributed by atoms with Gasteiger partial charge in [-0.2, -0.15) is 0 Å². The highest BCUT2D eigenvalue weighted by atomic mass is 16.2. The fourth-order valence-corrected chi connectivity index (χ4v) is 3.63. The van der Waals surface area contributed by atoms with Crippen LogP contribution in [0.3, 0.4) is 0 Å². The molecule has 0 heterocycles. The van der Waals surface area contributed by atoms with Crippen molar-refractivity contribution in [3.8, 4) is 0 Å². The standard InChI is InChI=1S/C26H36N2O2/c1-6-23(25(30)27-5)28(19-18-20-10-8-7-9-11-20)24(29)17-14-21-12-15-22(16-13-21)26(2,3)4/h7-13,15-16,23H,6,14,17-19H2,1-5H3,(H,27,30)/t23-/m0/s1. The van der Waals surface area contributed by atoms with E-state index in [0.717, 1.165) is 12.0 Å². The summed E-state index contributed by atoms with van der Waals surface area (Å²) in [6.07, 6.45) is 2.41. The Kier molecular flexibility index (Phi) is 8.64. The maximum absolute atomic E-state index is 13.1. The third-order valence-corrected chi connectivity index (χ3v) is 5.56. The van der Waals surface area contributed by atoms with Crippen molar-refractivity contribution in [1.82, 2.24) is 10.2 Å². The number of aryl methyl sites for hydroxylation is 1. The molecule has 0 aromatic heterocycles. The Hall–Kier alpha value is -2.62. The van der Waals surface area contributed by atoms with Crippen LogP contribution in [0.5, 0.6) is 0 Å². The van der Waals surface area contributed by atoms with E-state index in [9.17, 15) is 9.59 Å². The molecule has 0 spiro atoms. The van der Waals surface area contributed by atoms with E-state index in [1.165, 1.54) is 11.1 Å². The summed E-state index contributed by atoms with van der Waals surface area (Å²) in [4.78, 5) is 27.3. The normalized spacial score (nSPS) is 12.3. The summed E-state index contributed by atoms with van der Waals surface area (Å²) >= 11 is 0. The van der Waals surface area contributed by atoms with E-state index in [-0.39, 0.29) is 17.2 Å². The first kappa shape index (κ1) is 23.7. The molecule has 162 valence electrons. The van der Waals surface area contributed by atoms with Gasteiger partial charge in [-0.1, -0.05) is 82.3 Å². The van der Waals surface area contributed by atoms with Gasteiger partial charge in [-0.3, -0.25) is 9.59 Å². The number of likely N-dealkylation sites (N-methyl/N-ethyl adjacent to an activating group) is 1. The first-order valence-electron chi connectivity index (χ1n) is 10.9. The molecule has 0 bridgehead atoms. The molecule has 0 radical (unpaired) electrons. The lowest BCUT2D eigenvalue weighted by atomic mass is 9.86. The Morgan fingerprint density at radius 3 is 2.07 bits per heavy atom. The second kappa shape index (κ2) is 11.0. The topological polar surface area (TPSA) is 49.4 Å². The Morgan fingerprint density at radius 2 is 1.53 bits per heavy atom. The largest absolute Gasteiger partial charge is 0.357 e. The van der Waals surface area contributed by atoms with Crippen molar-refractivity contribution in [2.24, 2.45) is 0 Å². The van der Waals surface area contributed by atoms with E-state index < -0.39 is 6.04 Å². The van der Waals surface area contributed by atoms with Gasteiger partial charge in [-0.15, -0.1) is 0 Å². The monoisotopic (exact) mass is 408 g/mol. The summed E-state index contributed by atoms with van der Waals surface area (Å²) in [6.45, 7) is 9.07. The van der Waals surface area contributed by atoms with E-state index in [1.54, 1.807) is 11.9 Å². The third-order valence-electron chi connectivity index (χ3n) is 5.56. The number of amides is 2. The number of hydrogen-bond acceptors (Lipinski definition) is 2. The number of rotatable bonds is 9. The lowest BCUT2D eigenvalue weighted by Gasteiger charge is -2.30. The van der Waals surface area contributed by atoms with Gasteiger partial charge in [0.15, 0.2) is 0 Å². The predicted molar refractivity (Wildman–Crippen MR) is 123 cm³/mol. The Labute approximate surface area is 181 Å². The highest BCUT2D eigenvalue weighted by Gasteiger charge is 2.27. The smallest absolute Gasteiger partial charge is 0.242 e. The van der Waals surface area contributed by atoms with Crippen LogP contribution in [0, 0.1) is 0 Å². The van der Waals surface area contributed by atoms with Crippen molar-refractivity contribution in [3.63, 3.8) is 0 Å². The molecule has 0 unspecified atom stereocenters. The lowest BCUT2D eigenvalue weighted by Crippen LogP contribution is -2.49. The van der Waals surface area contributed by atoms with Crippen LogP contribution >= 0.6 is 0 Å². The third kappa shape index (κ3) is 6.72. The van der Waals surface area contributed by atoms with Crippen molar-refractivity contribution >= 4 is 11.8 Å². The van der Waals surface area contributed by atoms with Gasteiger partial charge < -0.3 is 10.2 Å². The average molecular weight is 409 g/mol. The number of carbonyl (C=O) groups excluding carboxylic acids is 2. The van der Waals surface area contributed by atoms with Crippen molar-refractivity contribution in [3.05, 3.63) is 71.3 Å². The van der Waals surface area contributed by atoms with Gasteiger partial charge in [-0.05, 0) is 41.4 Å². The second-order valence-corrected chi connectivity index (χ2v) is 8.81. The zero-order valence-corrected chi connectivity index (χ0v) is 19.1. The van der Waals surface area contributed by atoms with Crippen LogP contribution in [0.4, 0.5) is 0 Å². The van der Waals surface area contributed by atoms with Crippen molar-refractivity contribution < 1.29 is 9.59 Å². The van der Waals surface area contributed by atoms with Crippen LogP contribution in [0.1, 0.15) is 57.2 Å². The van der Waals surface area contributed by atoms with Crippen LogP contribution in [0.2, 0.25) is 0 Å². The molecule has 2 aromatic carbocycles. The molecule has 4 nitrogen and oxygen atoms in total. The summed E-state index contributed by atoms with van der Waals surface area (Å²) in [6, 6.07) is 18.2. The van der Waals surface area contributed by atoms with Crippen LogP contribution in [-0.4, -0.2) is 36.3 Å². The van der Waals surface area contributed by atoms with E-state index in [1.807, 2.05) is 25.1 Å². The summed E-state index contributed by atoms with van der Waals surface area (Å²) in [5.41, 5.74) is 3.71. The van der Waals surface area contributed by atoms with Crippen LogP contribution in [0.25, 0.3) is 0 Å². The fourth-order valence-electron chi connectivity index (χ4n) is 3.63. The molecule has 2 rings (SSSR count). The van der Waals surface area contributed by atoms with E-state index >= 15 is 0 Å². The minimum atomic E-state index is -0.436. The minimum absolute atomic E-state index is 0.0290. The molecule has 0 fully saturated rings. The van der Waals surface area contributed by atoms with Gasteiger partial charge in [0, 0.05) is 20.0 Å². The number of benzene rings is 2. The average Bonchev–Trinajstić information content (AvgIpc) is 2.74. The zero-order chi connectivity index (χ0) is 22.1.